The first-order chi connectivity index (χ1) is 15.1. The first-order valence-electron chi connectivity index (χ1n) is 10.1. The smallest absolute Gasteiger partial charge is 0.242 e. The van der Waals surface area contributed by atoms with E-state index in [1.807, 2.05) is 11.6 Å². The molecule has 0 saturated carbocycles. The lowest BCUT2D eigenvalue weighted by molar-refractivity contribution is -0.128. The van der Waals surface area contributed by atoms with Gasteiger partial charge in [-0.1, -0.05) is 0 Å². The van der Waals surface area contributed by atoms with Gasteiger partial charge in [0.05, 0.1) is 28.7 Å². The minimum atomic E-state index is -3.56. The lowest BCUT2D eigenvalue weighted by Crippen LogP contribution is -2.44. The number of amides is 2. The number of imidazole rings is 1. The number of hydrogen-bond donors (Lipinski definition) is 2. The van der Waals surface area contributed by atoms with Crippen LogP contribution in [0.5, 0.6) is 0 Å². The average molecular weight is 462 g/mol. The molecule has 0 aliphatic carbocycles. The van der Waals surface area contributed by atoms with E-state index in [0.717, 1.165) is 9.82 Å². The van der Waals surface area contributed by atoms with Gasteiger partial charge in [0.1, 0.15) is 17.6 Å². The number of carbonyl (C=O) groups excluding carboxylic acids is 2. The van der Waals surface area contributed by atoms with E-state index < -0.39 is 16.1 Å². The molecule has 2 N–H and O–H groups in total. The third-order valence-corrected chi connectivity index (χ3v) is 6.90. The topological polar surface area (TPSA) is 127 Å². The third-order valence-electron chi connectivity index (χ3n) is 5.09. The minimum Gasteiger partial charge on any atom is -0.467 e. The Kier molecular flexibility index (Phi) is 6.99. The molecule has 3 aromatic rings. The number of aryl methyl sites for hydroxylation is 2. The molecule has 0 unspecified atom stereocenters. The van der Waals surface area contributed by atoms with Crippen LogP contribution in [0.4, 0.5) is 0 Å². The van der Waals surface area contributed by atoms with Crippen LogP contribution in [0.2, 0.25) is 0 Å². The maximum atomic E-state index is 12.4. The second-order valence-corrected chi connectivity index (χ2v) is 9.76. The Morgan fingerprint density at radius 2 is 2.00 bits per heavy atom. The van der Waals surface area contributed by atoms with Crippen LogP contribution in [0.1, 0.15) is 24.9 Å². The van der Waals surface area contributed by atoms with Crippen LogP contribution >= 0.6 is 0 Å². The average Bonchev–Trinajstić information content (AvgIpc) is 3.38. The highest BCUT2D eigenvalue weighted by molar-refractivity contribution is 7.89. The fraction of sp³-hybridized carbons (Fsp3) is 0.381. The van der Waals surface area contributed by atoms with E-state index >= 15 is 0 Å². The fourth-order valence-corrected chi connectivity index (χ4v) is 4.09. The van der Waals surface area contributed by atoms with Gasteiger partial charge in [-0.15, -0.1) is 0 Å². The summed E-state index contributed by atoms with van der Waals surface area (Å²) in [7, 11) is 1.20. The summed E-state index contributed by atoms with van der Waals surface area (Å²) in [4.78, 5) is 29.1. The molecule has 10 nitrogen and oxygen atoms in total. The molecule has 1 aromatic carbocycles. The molecule has 2 heterocycles. The Morgan fingerprint density at radius 3 is 2.66 bits per heavy atom. The summed E-state index contributed by atoms with van der Waals surface area (Å²) in [6, 6.07) is 7.55. The molecule has 2 amide bonds. The molecule has 0 bridgehead atoms. The molecular weight excluding hydrogens is 434 g/mol. The largest absolute Gasteiger partial charge is 0.467 e. The normalized spacial score (nSPS) is 12.8. The molecule has 11 heteroatoms. The van der Waals surface area contributed by atoms with Gasteiger partial charge in [-0.25, -0.2) is 17.7 Å². The summed E-state index contributed by atoms with van der Waals surface area (Å²) in [5, 5.41) is 5.37. The van der Waals surface area contributed by atoms with Crippen LogP contribution in [0.25, 0.3) is 11.0 Å². The number of benzene rings is 1. The first-order valence-corrected chi connectivity index (χ1v) is 11.5. The van der Waals surface area contributed by atoms with Crippen molar-refractivity contribution in [3.05, 3.63) is 48.2 Å². The SMILES string of the molecule is C[C@@H](NC(=O)CCc1nc2cc(S(=O)(=O)N(C)C)ccc2n1C)C(=O)NCc1ccco1. The Hall–Kier alpha value is -3.18. The van der Waals surface area contributed by atoms with Crippen LogP contribution in [-0.2, 0) is 39.6 Å². The predicted molar refractivity (Wildman–Crippen MR) is 118 cm³/mol. The second-order valence-electron chi connectivity index (χ2n) is 7.61. The van der Waals surface area contributed by atoms with Crippen LogP contribution in [0.15, 0.2) is 45.9 Å². The van der Waals surface area contributed by atoms with Gasteiger partial charge < -0.3 is 19.6 Å². The van der Waals surface area contributed by atoms with E-state index in [9.17, 15) is 18.0 Å². The quantitative estimate of drug-likeness (QED) is 0.493. The molecule has 0 saturated heterocycles. The van der Waals surface area contributed by atoms with Crippen LogP contribution in [-0.4, -0.2) is 54.2 Å². The van der Waals surface area contributed by atoms with E-state index in [4.69, 9.17) is 4.42 Å². The predicted octanol–water partition coefficient (Wildman–Crippen LogP) is 1.17. The highest BCUT2D eigenvalue weighted by Crippen LogP contribution is 2.21. The Bertz CT molecular complexity index is 1210. The van der Waals surface area contributed by atoms with Gasteiger partial charge in [0.25, 0.3) is 0 Å². The number of aromatic nitrogens is 2. The van der Waals surface area contributed by atoms with Crippen molar-refractivity contribution in [3.8, 4) is 0 Å². The van der Waals surface area contributed by atoms with E-state index in [2.05, 4.69) is 15.6 Å². The molecule has 32 heavy (non-hydrogen) atoms. The van der Waals surface area contributed by atoms with Crippen molar-refractivity contribution >= 4 is 32.9 Å². The zero-order valence-electron chi connectivity index (χ0n) is 18.5. The summed E-state index contributed by atoms with van der Waals surface area (Å²) in [5.41, 5.74) is 1.31. The number of nitrogens with zero attached hydrogens (tertiary/aromatic N) is 3. The van der Waals surface area contributed by atoms with Crippen molar-refractivity contribution in [1.82, 2.24) is 24.5 Å². The molecular formula is C21H27N5O5S. The van der Waals surface area contributed by atoms with Gasteiger partial charge in [0.2, 0.25) is 21.8 Å². The zero-order chi connectivity index (χ0) is 23.5. The van der Waals surface area contributed by atoms with Crippen molar-refractivity contribution in [2.24, 2.45) is 7.05 Å². The maximum absolute atomic E-state index is 12.4. The van der Waals surface area contributed by atoms with Gasteiger partial charge in [0, 0.05) is 34.0 Å². The van der Waals surface area contributed by atoms with Crippen molar-refractivity contribution < 1.29 is 22.4 Å². The summed E-state index contributed by atoms with van der Waals surface area (Å²) < 4.78 is 32.8. The summed E-state index contributed by atoms with van der Waals surface area (Å²) >= 11 is 0. The standard InChI is InChI=1S/C21H27N5O5S/c1-14(21(28)22-13-15-6-5-11-31-15)23-20(27)10-9-19-24-17-12-16(32(29,30)25(2)3)7-8-18(17)26(19)4/h5-8,11-12,14H,9-10,13H2,1-4H3,(H,22,28)(H,23,27)/t14-/m1/s1. The number of sulfonamides is 1. The summed E-state index contributed by atoms with van der Waals surface area (Å²) in [5.74, 6) is 0.672. The molecule has 2 aromatic heterocycles. The van der Waals surface area contributed by atoms with Gasteiger partial charge in [0.15, 0.2) is 0 Å². The zero-order valence-corrected chi connectivity index (χ0v) is 19.3. The molecule has 0 aliphatic rings. The number of carbonyl (C=O) groups is 2. The van der Waals surface area contributed by atoms with Gasteiger partial charge >= 0.3 is 0 Å². The molecule has 0 radical (unpaired) electrons. The lowest BCUT2D eigenvalue weighted by Gasteiger charge is -2.13. The fourth-order valence-electron chi connectivity index (χ4n) is 3.17. The molecule has 0 fully saturated rings. The molecule has 1 atom stereocenters. The lowest BCUT2D eigenvalue weighted by atomic mass is 10.2. The van der Waals surface area contributed by atoms with E-state index in [1.165, 1.54) is 26.4 Å². The number of nitrogens with one attached hydrogen (secondary N) is 2. The number of fused-ring (bicyclic) bond motifs is 1. The van der Waals surface area contributed by atoms with Crippen molar-refractivity contribution in [2.75, 3.05) is 14.1 Å². The third kappa shape index (κ3) is 5.17. The monoisotopic (exact) mass is 461 g/mol. The number of hydrogen-bond acceptors (Lipinski definition) is 6. The number of rotatable bonds is 9. The van der Waals surface area contributed by atoms with E-state index in [0.29, 0.717) is 23.5 Å². The van der Waals surface area contributed by atoms with Crippen LogP contribution < -0.4 is 10.6 Å². The van der Waals surface area contributed by atoms with Crippen molar-refractivity contribution in [3.63, 3.8) is 0 Å². The van der Waals surface area contributed by atoms with Crippen molar-refractivity contribution in [2.45, 2.75) is 37.2 Å². The van der Waals surface area contributed by atoms with Crippen molar-refractivity contribution in [1.29, 1.82) is 0 Å². The minimum absolute atomic E-state index is 0.135. The Balaban J connectivity index is 1.59. The van der Waals surface area contributed by atoms with Gasteiger partial charge in [-0.3, -0.25) is 9.59 Å². The number of furan rings is 1. The van der Waals surface area contributed by atoms with Gasteiger partial charge in [-0.05, 0) is 37.3 Å². The maximum Gasteiger partial charge on any atom is 0.242 e. The van der Waals surface area contributed by atoms with E-state index in [-0.39, 0.29) is 29.7 Å². The Morgan fingerprint density at radius 1 is 1.25 bits per heavy atom. The highest BCUT2D eigenvalue weighted by Gasteiger charge is 2.20. The van der Waals surface area contributed by atoms with Crippen LogP contribution in [0.3, 0.4) is 0 Å². The summed E-state index contributed by atoms with van der Waals surface area (Å²) in [6.07, 6.45) is 2.00. The van der Waals surface area contributed by atoms with E-state index in [1.54, 1.807) is 31.2 Å². The first kappa shape index (κ1) is 23.5. The highest BCUT2D eigenvalue weighted by atomic mass is 32.2. The second kappa shape index (κ2) is 9.53. The molecule has 3 rings (SSSR count). The van der Waals surface area contributed by atoms with Crippen LogP contribution in [0, 0.1) is 0 Å². The molecule has 0 spiro atoms. The molecule has 172 valence electrons. The molecule has 0 aliphatic heterocycles. The van der Waals surface area contributed by atoms with Gasteiger partial charge in [-0.2, -0.15) is 0 Å². The summed E-state index contributed by atoms with van der Waals surface area (Å²) in [6.45, 7) is 1.86. The Labute approximate surface area is 186 Å².